The van der Waals surface area contributed by atoms with Crippen LogP contribution in [0, 0.1) is 0 Å². The number of hydrogen-bond acceptors (Lipinski definition) is 4. The minimum Gasteiger partial charge on any atom is -0.465 e. The summed E-state index contributed by atoms with van der Waals surface area (Å²) in [6.07, 6.45) is 0.589. The molecule has 18 heavy (non-hydrogen) atoms. The average molecular weight is 252 g/mol. The quantitative estimate of drug-likeness (QED) is 0.852. The third-order valence-corrected chi connectivity index (χ3v) is 3.15. The van der Waals surface area contributed by atoms with Crippen molar-refractivity contribution in [1.82, 2.24) is 0 Å². The van der Waals surface area contributed by atoms with Crippen LogP contribution in [0.15, 0.2) is 24.3 Å². The highest BCUT2D eigenvalue weighted by Crippen LogP contribution is 2.23. The average Bonchev–Trinajstić information content (AvgIpc) is 2.39. The molecule has 2 rings (SSSR count). The Balaban J connectivity index is 1.95. The summed E-state index contributed by atoms with van der Waals surface area (Å²) in [6.45, 7) is 2.01. The third kappa shape index (κ3) is 3.45. The van der Waals surface area contributed by atoms with Crippen molar-refractivity contribution in [3.05, 3.63) is 29.8 Å². The van der Waals surface area contributed by atoms with Gasteiger partial charge in [0.2, 0.25) is 6.29 Å². The number of aryl methyl sites for hydroxylation is 1. The minimum absolute atomic E-state index is 0.0916. The van der Waals surface area contributed by atoms with Crippen LogP contribution in [-0.4, -0.2) is 35.3 Å². The Bertz CT molecular complexity index is 363. The van der Waals surface area contributed by atoms with Gasteiger partial charge < -0.3 is 19.7 Å². The van der Waals surface area contributed by atoms with Crippen LogP contribution in [0.2, 0.25) is 0 Å². The van der Waals surface area contributed by atoms with E-state index in [2.05, 4.69) is 6.92 Å². The van der Waals surface area contributed by atoms with Crippen molar-refractivity contribution in [3.63, 3.8) is 0 Å². The third-order valence-electron chi connectivity index (χ3n) is 3.15. The van der Waals surface area contributed by atoms with Gasteiger partial charge in [0.25, 0.3) is 0 Å². The van der Waals surface area contributed by atoms with E-state index in [-0.39, 0.29) is 12.7 Å². The summed E-state index contributed by atoms with van der Waals surface area (Å²) in [4.78, 5) is 0. The van der Waals surface area contributed by atoms with Gasteiger partial charge in [0, 0.05) is 12.8 Å². The lowest BCUT2D eigenvalue weighted by atomic mass is 10.1. The van der Waals surface area contributed by atoms with Gasteiger partial charge in [-0.3, -0.25) is 0 Å². The van der Waals surface area contributed by atoms with Crippen LogP contribution < -0.4 is 4.74 Å². The van der Waals surface area contributed by atoms with Gasteiger partial charge in [-0.2, -0.15) is 0 Å². The molecule has 1 aliphatic rings. The predicted octanol–water partition coefficient (Wildman–Crippen LogP) is 1.49. The molecule has 4 heteroatoms. The van der Waals surface area contributed by atoms with Crippen LogP contribution in [0.25, 0.3) is 0 Å². The fourth-order valence-electron chi connectivity index (χ4n) is 2.10. The maximum absolute atomic E-state index is 9.67. The van der Waals surface area contributed by atoms with Gasteiger partial charge in [-0.25, -0.2) is 0 Å². The van der Waals surface area contributed by atoms with Crippen molar-refractivity contribution in [2.24, 2.45) is 0 Å². The summed E-state index contributed by atoms with van der Waals surface area (Å²) in [5.74, 6) is 0.725. The fourth-order valence-corrected chi connectivity index (χ4v) is 2.10. The van der Waals surface area contributed by atoms with E-state index >= 15 is 0 Å². The predicted molar refractivity (Wildman–Crippen MR) is 67.4 cm³/mol. The van der Waals surface area contributed by atoms with Crippen molar-refractivity contribution in [2.45, 2.75) is 44.7 Å². The zero-order valence-electron chi connectivity index (χ0n) is 10.6. The summed E-state index contributed by atoms with van der Waals surface area (Å²) in [6, 6.07) is 7.82. The highest BCUT2D eigenvalue weighted by molar-refractivity contribution is 5.27. The van der Waals surface area contributed by atoms with Crippen molar-refractivity contribution in [3.8, 4) is 5.75 Å². The van der Waals surface area contributed by atoms with Crippen LogP contribution in [0.4, 0.5) is 0 Å². The Morgan fingerprint density at radius 1 is 1.28 bits per heavy atom. The fraction of sp³-hybridized carbons (Fsp3) is 0.571. The molecule has 1 aromatic carbocycles. The van der Waals surface area contributed by atoms with Crippen molar-refractivity contribution >= 4 is 0 Å². The second-order valence-corrected chi connectivity index (χ2v) is 4.61. The Morgan fingerprint density at radius 2 is 2.00 bits per heavy atom. The van der Waals surface area contributed by atoms with Crippen LogP contribution in [0.5, 0.6) is 5.75 Å². The van der Waals surface area contributed by atoms with Gasteiger partial charge in [0.1, 0.15) is 5.75 Å². The largest absolute Gasteiger partial charge is 0.465 e. The first-order valence-corrected chi connectivity index (χ1v) is 6.41. The molecule has 1 saturated heterocycles. The van der Waals surface area contributed by atoms with Gasteiger partial charge in [-0.1, -0.05) is 19.1 Å². The lowest BCUT2D eigenvalue weighted by Crippen LogP contribution is -2.40. The summed E-state index contributed by atoms with van der Waals surface area (Å²) in [5.41, 5.74) is 1.25. The number of ether oxygens (including phenoxy) is 2. The molecule has 4 nitrogen and oxygen atoms in total. The van der Waals surface area contributed by atoms with E-state index < -0.39 is 12.4 Å². The Morgan fingerprint density at radius 3 is 2.61 bits per heavy atom. The molecule has 1 aromatic rings. The molecule has 0 bridgehead atoms. The zero-order chi connectivity index (χ0) is 13.0. The molecule has 0 amide bonds. The van der Waals surface area contributed by atoms with E-state index in [1.54, 1.807) is 0 Å². The summed E-state index contributed by atoms with van der Waals surface area (Å²) in [5, 5.41) is 18.7. The van der Waals surface area contributed by atoms with Gasteiger partial charge >= 0.3 is 0 Å². The minimum atomic E-state index is -0.488. The monoisotopic (exact) mass is 252 g/mol. The number of benzene rings is 1. The molecule has 0 aliphatic carbocycles. The van der Waals surface area contributed by atoms with E-state index in [0.717, 1.165) is 12.2 Å². The van der Waals surface area contributed by atoms with E-state index in [9.17, 15) is 5.11 Å². The van der Waals surface area contributed by atoms with Crippen LogP contribution in [0.3, 0.4) is 0 Å². The van der Waals surface area contributed by atoms with Gasteiger partial charge in [0.15, 0.2) is 0 Å². The van der Waals surface area contributed by atoms with Crippen molar-refractivity contribution in [2.75, 3.05) is 6.61 Å². The molecule has 1 fully saturated rings. The molecule has 2 unspecified atom stereocenters. The van der Waals surface area contributed by atoms with Crippen molar-refractivity contribution < 1.29 is 19.7 Å². The molecule has 0 spiro atoms. The lowest BCUT2D eigenvalue weighted by molar-refractivity contribution is -0.184. The first kappa shape index (κ1) is 13.3. The van der Waals surface area contributed by atoms with E-state index in [4.69, 9.17) is 14.6 Å². The highest BCUT2D eigenvalue weighted by Gasteiger charge is 2.29. The maximum atomic E-state index is 9.67. The summed E-state index contributed by atoms with van der Waals surface area (Å²) < 4.78 is 11.2. The zero-order valence-corrected chi connectivity index (χ0v) is 10.6. The SMILES string of the molecule is CCc1ccc(OC2CC(O)C[C@H](CO)O2)cc1. The number of aliphatic hydroxyl groups excluding tert-OH is 2. The molecule has 3 atom stereocenters. The molecule has 0 saturated carbocycles. The first-order chi connectivity index (χ1) is 8.71. The smallest absolute Gasteiger partial charge is 0.202 e. The maximum Gasteiger partial charge on any atom is 0.202 e. The van der Waals surface area contributed by atoms with Crippen molar-refractivity contribution in [1.29, 1.82) is 0 Å². The number of rotatable bonds is 4. The first-order valence-electron chi connectivity index (χ1n) is 6.41. The number of aliphatic hydroxyl groups is 2. The number of hydrogen-bond donors (Lipinski definition) is 2. The van der Waals surface area contributed by atoms with E-state index in [1.807, 2.05) is 24.3 Å². The second kappa shape index (κ2) is 6.18. The Kier molecular flexibility index (Phi) is 4.58. The van der Waals surface area contributed by atoms with E-state index in [1.165, 1.54) is 5.56 Å². The molecular weight excluding hydrogens is 232 g/mol. The van der Waals surface area contributed by atoms with Crippen LogP contribution >= 0.6 is 0 Å². The van der Waals surface area contributed by atoms with E-state index in [0.29, 0.717) is 12.8 Å². The molecule has 1 heterocycles. The molecule has 100 valence electrons. The van der Waals surface area contributed by atoms with Gasteiger partial charge in [-0.15, -0.1) is 0 Å². The second-order valence-electron chi connectivity index (χ2n) is 4.61. The van der Waals surface area contributed by atoms with Gasteiger partial charge in [0.05, 0.1) is 18.8 Å². The molecule has 0 radical (unpaired) electrons. The molecule has 2 N–H and O–H groups in total. The standard InChI is InChI=1S/C14H20O4/c1-2-10-3-5-12(6-4-10)17-14-8-11(16)7-13(9-15)18-14/h3-6,11,13-16H,2,7-9H2,1H3/t11?,13-,14?/m1/s1. The topological polar surface area (TPSA) is 58.9 Å². The molecule has 0 aromatic heterocycles. The Hall–Kier alpha value is -1.10. The normalized spacial score (nSPS) is 28.1. The van der Waals surface area contributed by atoms with Gasteiger partial charge in [-0.05, 0) is 24.1 Å². The lowest BCUT2D eigenvalue weighted by Gasteiger charge is -2.32. The molecular formula is C14H20O4. The summed E-state index contributed by atoms with van der Waals surface area (Å²) >= 11 is 0. The van der Waals surface area contributed by atoms with Crippen LogP contribution in [-0.2, 0) is 11.2 Å². The van der Waals surface area contributed by atoms with Crippen LogP contribution in [0.1, 0.15) is 25.3 Å². The Labute approximate surface area is 107 Å². The molecule has 1 aliphatic heterocycles. The highest BCUT2D eigenvalue weighted by atomic mass is 16.7. The summed E-state index contributed by atoms with van der Waals surface area (Å²) in [7, 11) is 0.